The number of imidazole rings is 1. The highest BCUT2D eigenvalue weighted by molar-refractivity contribution is 5.94. The number of nitrogens with one attached hydrogen (secondary N) is 2. The van der Waals surface area contributed by atoms with Crippen molar-refractivity contribution in [3.05, 3.63) is 65.5 Å². The fourth-order valence-corrected chi connectivity index (χ4v) is 7.00. The first-order valence-electron chi connectivity index (χ1n) is 17.7. The molecule has 3 amide bonds. The number of para-hydroxylation sites is 2. The molecule has 2 atom stereocenters. The van der Waals surface area contributed by atoms with E-state index >= 15 is 0 Å². The molecule has 260 valence electrons. The van der Waals surface area contributed by atoms with Crippen LogP contribution in [0, 0.1) is 0 Å². The lowest BCUT2D eigenvalue weighted by molar-refractivity contribution is -0.133. The van der Waals surface area contributed by atoms with Crippen molar-refractivity contribution >= 4 is 28.9 Å². The van der Waals surface area contributed by atoms with Crippen LogP contribution in [0.2, 0.25) is 0 Å². The zero-order chi connectivity index (χ0) is 34.1. The number of rotatable bonds is 12. The maximum absolute atomic E-state index is 13.9. The lowest BCUT2D eigenvalue weighted by atomic mass is 9.95. The van der Waals surface area contributed by atoms with Crippen LogP contribution in [0.5, 0.6) is 0 Å². The zero-order valence-corrected chi connectivity index (χ0v) is 29.1. The van der Waals surface area contributed by atoms with Gasteiger partial charge in [-0.25, -0.2) is 9.78 Å². The Balaban J connectivity index is 1.27. The van der Waals surface area contributed by atoms with Gasteiger partial charge in [0.15, 0.2) is 0 Å². The fraction of sp³-hybridized carbons (Fsp3) is 0.579. The van der Waals surface area contributed by atoms with Gasteiger partial charge in [0.25, 0.3) is 5.91 Å². The van der Waals surface area contributed by atoms with Gasteiger partial charge < -0.3 is 29.6 Å². The van der Waals surface area contributed by atoms with Gasteiger partial charge in [-0.15, -0.1) is 0 Å². The van der Waals surface area contributed by atoms with E-state index in [9.17, 15) is 14.4 Å². The molecule has 1 saturated carbocycles. The highest BCUT2D eigenvalue weighted by Crippen LogP contribution is 2.30. The second-order valence-corrected chi connectivity index (χ2v) is 14.4. The predicted molar refractivity (Wildman–Crippen MR) is 187 cm³/mol. The third-order valence-corrected chi connectivity index (χ3v) is 9.33. The molecular formula is C38H53N5O5. The predicted octanol–water partition coefficient (Wildman–Crippen LogP) is 6.37. The number of aryl methyl sites for hydroxylation is 1. The van der Waals surface area contributed by atoms with Gasteiger partial charge in [-0.1, -0.05) is 43.5 Å². The molecule has 10 nitrogen and oxygen atoms in total. The Labute approximate surface area is 284 Å². The number of fused-ring (bicyclic) bond motifs is 1. The van der Waals surface area contributed by atoms with E-state index in [1.54, 1.807) is 7.11 Å². The van der Waals surface area contributed by atoms with Crippen molar-refractivity contribution in [3.63, 3.8) is 0 Å². The Hall–Kier alpha value is -3.92. The fourth-order valence-electron chi connectivity index (χ4n) is 7.00. The van der Waals surface area contributed by atoms with E-state index in [0.717, 1.165) is 73.9 Å². The average Bonchev–Trinajstić information content (AvgIpc) is 3.43. The first-order chi connectivity index (χ1) is 23.1. The largest absolute Gasteiger partial charge is 0.444 e. The number of hydrogen-bond acceptors (Lipinski definition) is 6. The molecule has 2 fully saturated rings. The van der Waals surface area contributed by atoms with Crippen molar-refractivity contribution in [2.45, 2.75) is 115 Å². The number of nitrogens with zero attached hydrogens (tertiary/aromatic N) is 3. The Kier molecular flexibility index (Phi) is 12.1. The number of aromatic nitrogens is 2. The van der Waals surface area contributed by atoms with Crippen LogP contribution >= 0.6 is 0 Å². The highest BCUT2D eigenvalue weighted by atomic mass is 16.6. The van der Waals surface area contributed by atoms with E-state index in [1.807, 2.05) is 68.1 Å². The van der Waals surface area contributed by atoms with Gasteiger partial charge in [-0.3, -0.25) is 9.59 Å². The van der Waals surface area contributed by atoms with Crippen LogP contribution < -0.4 is 10.6 Å². The molecule has 48 heavy (non-hydrogen) atoms. The summed E-state index contributed by atoms with van der Waals surface area (Å²) < 4.78 is 13.2. The van der Waals surface area contributed by atoms with Crippen molar-refractivity contribution in [3.8, 4) is 0 Å². The number of likely N-dealkylation sites (tertiary alicyclic amines) is 1. The van der Waals surface area contributed by atoms with E-state index in [1.165, 1.54) is 6.42 Å². The molecule has 1 saturated heterocycles. The first kappa shape index (κ1) is 35.4. The summed E-state index contributed by atoms with van der Waals surface area (Å²) in [5, 5.41) is 6.14. The topological polar surface area (TPSA) is 115 Å². The number of carbonyl (C=O) groups is 3. The van der Waals surface area contributed by atoms with Gasteiger partial charge in [0.2, 0.25) is 5.91 Å². The van der Waals surface area contributed by atoms with Crippen LogP contribution in [0.25, 0.3) is 11.0 Å². The monoisotopic (exact) mass is 659 g/mol. The second-order valence-electron chi connectivity index (χ2n) is 14.4. The minimum atomic E-state index is -0.666. The van der Waals surface area contributed by atoms with Crippen LogP contribution in [0.4, 0.5) is 4.79 Å². The number of alkyl carbamates (subject to hydrolysis) is 1. The Morgan fingerprint density at radius 1 is 0.979 bits per heavy atom. The van der Waals surface area contributed by atoms with Crippen molar-refractivity contribution in [1.82, 2.24) is 25.1 Å². The molecule has 0 radical (unpaired) electrons. The Morgan fingerprint density at radius 2 is 1.73 bits per heavy atom. The van der Waals surface area contributed by atoms with Crippen molar-refractivity contribution in [1.29, 1.82) is 0 Å². The molecule has 2 aromatic carbocycles. The number of ether oxygens (including phenoxy) is 2. The van der Waals surface area contributed by atoms with Gasteiger partial charge in [0.1, 0.15) is 11.4 Å². The molecule has 10 heteroatoms. The highest BCUT2D eigenvalue weighted by Gasteiger charge is 2.31. The minimum absolute atomic E-state index is 0.00807. The summed E-state index contributed by atoms with van der Waals surface area (Å²) in [5.41, 5.74) is 2.95. The number of amides is 3. The average molecular weight is 660 g/mol. The quantitative estimate of drug-likeness (QED) is 0.219. The van der Waals surface area contributed by atoms with Gasteiger partial charge in [0, 0.05) is 63.3 Å². The van der Waals surface area contributed by atoms with E-state index in [0.29, 0.717) is 31.7 Å². The summed E-state index contributed by atoms with van der Waals surface area (Å²) in [6.45, 7) is 8.18. The van der Waals surface area contributed by atoms with E-state index in [-0.39, 0.29) is 30.2 Å². The lowest BCUT2D eigenvalue weighted by Gasteiger charge is -2.34. The molecule has 5 rings (SSSR count). The van der Waals surface area contributed by atoms with Crippen LogP contribution in [0.3, 0.4) is 0 Å². The van der Waals surface area contributed by atoms with E-state index in [4.69, 9.17) is 14.5 Å². The SMILES string of the molecule is COCCCn1c(C2CCCN(C(=O)CC(Cc3ccc(C(=O)NC4CCCCC4)cc3)NC(=O)OC(C)(C)C)C2)nc2ccccc21. The summed E-state index contributed by atoms with van der Waals surface area (Å²) in [6.07, 6.45) is 8.34. The minimum Gasteiger partial charge on any atom is -0.444 e. The molecule has 2 N–H and O–H groups in total. The molecule has 2 unspecified atom stereocenters. The maximum Gasteiger partial charge on any atom is 0.407 e. The molecule has 1 aromatic heterocycles. The number of benzene rings is 2. The normalized spacial score (nSPS) is 18.0. The molecule has 0 bridgehead atoms. The number of hydrogen-bond donors (Lipinski definition) is 2. The number of carbonyl (C=O) groups excluding carboxylic acids is 3. The summed E-state index contributed by atoms with van der Waals surface area (Å²) in [4.78, 5) is 46.6. The summed E-state index contributed by atoms with van der Waals surface area (Å²) in [5.74, 6) is 1.06. The third-order valence-electron chi connectivity index (χ3n) is 9.33. The smallest absolute Gasteiger partial charge is 0.407 e. The zero-order valence-electron chi connectivity index (χ0n) is 29.1. The van der Waals surface area contributed by atoms with Crippen LogP contribution in [-0.4, -0.2) is 76.8 Å². The molecular weight excluding hydrogens is 606 g/mol. The van der Waals surface area contributed by atoms with E-state index < -0.39 is 17.7 Å². The maximum atomic E-state index is 13.9. The molecule has 3 aromatic rings. The van der Waals surface area contributed by atoms with Gasteiger partial charge in [0.05, 0.1) is 11.0 Å². The van der Waals surface area contributed by atoms with Gasteiger partial charge >= 0.3 is 6.09 Å². The molecule has 1 aliphatic heterocycles. The Morgan fingerprint density at radius 3 is 2.46 bits per heavy atom. The Bertz CT molecular complexity index is 1520. The van der Waals surface area contributed by atoms with Crippen LogP contribution in [-0.2, 0) is 27.2 Å². The van der Waals surface area contributed by atoms with Gasteiger partial charge in [-0.2, -0.15) is 0 Å². The lowest BCUT2D eigenvalue weighted by Crippen LogP contribution is -2.46. The third kappa shape index (κ3) is 9.81. The van der Waals surface area contributed by atoms with Crippen LogP contribution in [0.1, 0.15) is 106 Å². The first-order valence-corrected chi connectivity index (χ1v) is 17.7. The number of methoxy groups -OCH3 is 1. The molecule has 2 heterocycles. The van der Waals surface area contributed by atoms with Crippen molar-refractivity contribution in [2.75, 3.05) is 26.8 Å². The standard InChI is InChI=1S/C38H53N5O5/c1-38(2,3)48-37(46)40-31(24-27-17-19-28(20-18-27)36(45)39-30-13-6-5-7-14-30)25-34(44)42-21-10-12-29(26-42)35-41-32-15-8-9-16-33(32)43(35)22-11-23-47-4/h8-9,15-20,29-31H,5-7,10-14,21-26H2,1-4H3,(H,39,45)(H,40,46). The summed E-state index contributed by atoms with van der Waals surface area (Å²) in [6, 6.07) is 15.4. The second kappa shape index (κ2) is 16.5. The number of piperidine rings is 1. The molecule has 2 aliphatic rings. The summed E-state index contributed by atoms with van der Waals surface area (Å²) >= 11 is 0. The molecule has 0 spiro atoms. The van der Waals surface area contributed by atoms with Gasteiger partial charge in [-0.05, 0) is 89.1 Å². The van der Waals surface area contributed by atoms with Crippen molar-refractivity contribution < 1.29 is 23.9 Å². The van der Waals surface area contributed by atoms with Crippen molar-refractivity contribution in [2.24, 2.45) is 0 Å². The van der Waals surface area contributed by atoms with E-state index in [2.05, 4.69) is 21.3 Å². The van der Waals surface area contributed by atoms with Crippen LogP contribution in [0.15, 0.2) is 48.5 Å². The molecule has 1 aliphatic carbocycles. The summed E-state index contributed by atoms with van der Waals surface area (Å²) in [7, 11) is 1.72.